The topological polar surface area (TPSA) is 46.3 Å². The van der Waals surface area contributed by atoms with E-state index in [0.29, 0.717) is 6.54 Å². The minimum atomic E-state index is 0.129. The zero-order valence-electron chi connectivity index (χ0n) is 13.5. The van der Waals surface area contributed by atoms with Crippen LogP contribution in [-0.4, -0.2) is 23.9 Å². The maximum absolute atomic E-state index is 12.5. The van der Waals surface area contributed by atoms with Crippen LogP contribution < -0.4 is 5.73 Å². The first-order valence-electron chi connectivity index (χ1n) is 8.00. The summed E-state index contributed by atoms with van der Waals surface area (Å²) in [5, 5.41) is 0. The van der Waals surface area contributed by atoms with E-state index in [1.165, 1.54) is 11.1 Å². The van der Waals surface area contributed by atoms with Crippen molar-refractivity contribution in [1.82, 2.24) is 4.90 Å². The maximum Gasteiger partial charge on any atom is 0.253 e. The molecule has 3 heteroatoms. The molecule has 1 fully saturated rings. The Kier molecular flexibility index (Phi) is 5.96. The van der Waals surface area contributed by atoms with Crippen LogP contribution in [0.4, 0.5) is 0 Å². The maximum atomic E-state index is 12.5. The third kappa shape index (κ3) is 4.57. The number of piperidine rings is 1. The molecule has 1 heterocycles. The highest BCUT2D eigenvalue weighted by atomic mass is 16.2. The molecule has 0 atom stereocenters. The highest BCUT2D eigenvalue weighted by Crippen LogP contribution is 2.20. The summed E-state index contributed by atoms with van der Waals surface area (Å²) in [7, 11) is 0. The second-order valence-corrected chi connectivity index (χ2v) is 6.05. The summed E-state index contributed by atoms with van der Waals surface area (Å²) >= 11 is 0. The van der Waals surface area contributed by atoms with Gasteiger partial charge < -0.3 is 10.6 Å². The Balaban J connectivity index is 1.87. The van der Waals surface area contributed by atoms with Crippen LogP contribution in [0.1, 0.15) is 48.5 Å². The van der Waals surface area contributed by atoms with Crippen molar-refractivity contribution in [3.05, 3.63) is 59.2 Å². The standard InChI is InChI=1S/C19H26N2O/c1-15(2)4-3-5-16-10-12-21(13-11-16)19(22)18-8-6-17(14-20)7-9-18/h5-9H,1,3-4,10-14,20H2,2H3. The van der Waals surface area contributed by atoms with Crippen molar-refractivity contribution in [2.24, 2.45) is 5.73 Å². The number of hydrogen-bond acceptors (Lipinski definition) is 2. The molecule has 0 radical (unpaired) electrons. The molecule has 3 nitrogen and oxygen atoms in total. The molecule has 1 saturated heterocycles. The average molecular weight is 298 g/mol. The van der Waals surface area contributed by atoms with Gasteiger partial charge in [0.2, 0.25) is 0 Å². The van der Waals surface area contributed by atoms with Gasteiger partial charge in [-0.3, -0.25) is 4.79 Å². The molecule has 2 N–H and O–H groups in total. The second-order valence-electron chi connectivity index (χ2n) is 6.05. The number of benzene rings is 1. The molecular formula is C19H26N2O. The van der Waals surface area contributed by atoms with E-state index in [2.05, 4.69) is 19.6 Å². The van der Waals surface area contributed by atoms with Crippen LogP contribution in [0, 0.1) is 0 Å². The van der Waals surface area contributed by atoms with Gasteiger partial charge in [-0.15, -0.1) is 6.58 Å². The van der Waals surface area contributed by atoms with Gasteiger partial charge in [0.1, 0.15) is 0 Å². The van der Waals surface area contributed by atoms with Crippen molar-refractivity contribution >= 4 is 5.91 Å². The van der Waals surface area contributed by atoms with Gasteiger partial charge >= 0.3 is 0 Å². The van der Waals surface area contributed by atoms with E-state index < -0.39 is 0 Å². The van der Waals surface area contributed by atoms with E-state index in [4.69, 9.17) is 5.73 Å². The molecule has 0 aliphatic carbocycles. The first-order chi connectivity index (χ1) is 10.6. The summed E-state index contributed by atoms with van der Waals surface area (Å²) in [6, 6.07) is 7.62. The van der Waals surface area contributed by atoms with Crippen molar-refractivity contribution in [2.75, 3.05) is 13.1 Å². The Morgan fingerprint density at radius 2 is 1.91 bits per heavy atom. The third-order valence-corrected chi connectivity index (χ3v) is 4.13. The summed E-state index contributed by atoms with van der Waals surface area (Å²) in [4.78, 5) is 14.4. The van der Waals surface area contributed by atoms with Gasteiger partial charge in [-0.05, 0) is 50.3 Å². The Morgan fingerprint density at radius 3 is 2.45 bits per heavy atom. The van der Waals surface area contributed by atoms with Gasteiger partial charge in [-0.25, -0.2) is 0 Å². The fourth-order valence-electron chi connectivity index (χ4n) is 2.69. The highest BCUT2D eigenvalue weighted by Gasteiger charge is 2.19. The van der Waals surface area contributed by atoms with Crippen molar-refractivity contribution < 1.29 is 4.79 Å². The van der Waals surface area contributed by atoms with E-state index >= 15 is 0 Å². The molecule has 1 amide bonds. The number of nitrogens with zero attached hydrogens (tertiary/aromatic N) is 1. The molecule has 22 heavy (non-hydrogen) atoms. The minimum absolute atomic E-state index is 0.129. The average Bonchev–Trinajstić information content (AvgIpc) is 2.54. The van der Waals surface area contributed by atoms with Crippen LogP contribution in [0.5, 0.6) is 0 Å². The third-order valence-electron chi connectivity index (χ3n) is 4.13. The number of amides is 1. The summed E-state index contributed by atoms with van der Waals surface area (Å²) in [6.45, 7) is 8.14. The molecule has 0 spiro atoms. The van der Waals surface area contributed by atoms with Crippen molar-refractivity contribution in [2.45, 2.75) is 39.2 Å². The van der Waals surface area contributed by atoms with Gasteiger partial charge in [0, 0.05) is 25.2 Å². The fourth-order valence-corrected chi connectivity index (χ4v) is 2.69. The molecule has 2 rings (SSSR count). The lowest BCUT2D eigenvalue weighted by atomic mass is 10.0. The SMILES string of the molecule is C=C(C)CCC=C1CCN(C(=O)c2ccc(CN)cc2)CC1. The van der Waals surface area contributed by atoms with Gasteiger partial charge in [0.15, 0.2) is 0 Å². The number of carbonyl (C=O) groups is 1. The van der Waals surface area contributed by atoms with E-state index in [1.807, 2.05) is 29.2 Å². The quantitative estimate of drug-likeness (QED) is 0.843. The Morgan fingerprint density at radius 1 is 1.27 bits per heavy atom. The monoisotopic (exact) mass is 298 g/mol. The summed E-state index contributed by atoms with van der Waals surface area (Å²) < 4.78 is 0. The van der Waals surface area contributed by atoms with Crippen molar-refractivity contribution in [3.8, 4) is 0 Å². The molecule has 1 aliphatic heterocycles. The molecule has 0 unspecified atom stereocenters. The van der Waals surface area contributed by atoms with Crippen molar-refractivity contribution in [1.29, 1.82) is 0 Å². The second kappa shape index (κ2) is 7.95. The smallest absolute Gasteiger partial charge is 0.253 e. The highest BCUT2D eigenvalue weighted by molar-refractivity contribution is 5.94. The number of rotatable bonds is 5. The predicted molar refractivity (Wildman–Crippen MR) is 91.6 cm³/mol. The van der Waals surface area contributed by atoms with Crippen LogP contribution in [0.15, 0.2) is 48.1 Å². The zero-order chi connectivity index (χ0) is 15.9. The Hall–Kier alpha value is -1.87. The molecule has 0 saturated carbocycles. The number of nitrogens with two attached hydrogens (primary N) is 1. The van der Waals surface area contributed by atoms with E-state index in [9.17, 15) is 4.79 Å². The molecular weight excluding hydrogens is 272 g/mol. The molecule has 1 aromatic carbocycles. The molecule has 1 aliphatic rings. The fraction of sp³-hybridized carbons (Fsp3) is 0.421. The summed E-state index contributed by atoms with van der Waals surface area (Å²) in [5.41, 5.74) is 10.1. The van der Waals surface area contributed by atoms with Crippen LogP contribution in [0.3, 0.4) is 0 Å². The lowest BCUT2D eigenvalue weighted by molar-refractivity contribution is 0.0743. The van der Waals surface area contributed by atoms with Gasteiger partial charge in [0.25, 0.3) is 5.91 Å². The van der Waals surface area contributed by atoms with Crippen molar-refractivity contribution in [3.63, 3.8) is 0 Å². The van der Waals surface area contributed by atoms with E-state index in [-0.39, 0.29) is 5.91 Å². The van der Waals surface area contributed by atoms with Crippen LogP contribution >= 0.6 is 0 Å². The lowest BCUT2D eigenvalue weighted by Gasteiger charge is -2.28. The number of likely N-dealkylation sites (tertiary alicyclic amines) is 1. The molecule has 118 valence electrons. The van der Waals surface area contributed by atoms with Crippen LogP contribution in [0.2, 0.25) is 0 Å². The first kappa shape index (κ1) is 16.5. The largest absolute Gasteiger partial charge is 0.338 e. The number of carbonyl (C=O) groups excluding carboxylic acids is 1. The normalized spacial score (nSPS) is 14.8. The molecule has 0 aromatic heterocycles. The lowest BCUT2D eigenvalue weighted by Crippen LogP contribution is -2.36. The minimum Gasteiger partial charge on any atom is -0.338 e. The predicted octanol–water partition coefficient (Wildman–Crippen LogP) is 3.66. The first-order valence-corrected chi connectivity index (χ1v) is 8.00. The van der Waals surface area contributed by atoms with E-state index in [0.717, 1.165) is 49.9 Å². The molecule has 0 bridgehead atoms. The van der Waals surface area contributed by atoms with E-state index in [1.54, 1.807) is 0 Å². The zero-order valence-corrected chi connectivity index (χ0v) is 13.5. The van der Waals surface area contributed by atoms with Crippen LogP contribution in [-0.2, 0) is 6.54 Å². The Bertz CT molecular complexity index is 547. The Labute approximate surface area is 133 Å². The van der Waals surface area contributed by atoms with Gasteiger partial charge in [0.05, 0.1) is 0 Å². The van der Waals surface area contributed by atoms with Gasteiger partial charge in [-0.2, -0.15) is 0 Å². The summed E-state index contributed by atoms with van der Waals surface area (Å²) in [5.74, 6) is 0.129. The number of allylic oxidation sites excluding steroid dienone is 2. The van der Waals surface area contributed by atoms with Gasteiger partial charge in [-0.1, -0.05) is 29.4 Å². The van der Waals surface area contributed by atoms with Crippen LogP contribution in [0.25, 0.3) is 0 Å². The molecule has 1 aromatic rings. The number of hydrogen-bond donors (Lipinski definition) is 1. The summed E-state index contributed by atoms with van der Waals surface area (Å²) in [6.07, 6.45) is 6.43.